The minimum Gasteiger partial charge on any atom is -0.480 e. The van der Waals surface area contributed by atoms with E-state index in [0.717, 1.165) is 6.42 Å². The molecule has 17 heavy (non-hydrogen) atoms. The van der Waals surface area contributed by atoms with Gasteiger partial charge in [0.2, 0.25) is 0 Å². The largest absolute Gasteiger partial charge is 0.480 e. The number of carboxylic acid groups (broad SMARTS) is 1. The van der Waals surface area contributed by atoms with Crippen LogP contribution in [0.5, 0.6) is 0 Å². The van der Waals surface area contributed by atoms with Gasteiger partial charge in [-0.05, 0) is 26.2 Å². The van der Waals surface area contributed by atoms with Crippen molar-refractivity contribution in [2.24, 2.45) is 5.92 Å². The van der Waals surface area contributed by atoms with Crippen molar-refractivity contribution < 1.29 is 19.8 Å². The van der Waals surface area contributed by atoms with E-state index in [1.165, 1.54) is 6.92 Å². The number of hydrogen-bond donors (Lipinski definition) is 3. The van der Waals surface area contributed by atoms with E-state index in [1.54, 1.807) is 4.90 Å². The third kappa shape index (κ3) is 3.33. The van der Waals surface area contributed by atoms with Crippen LogP contribution in [-0.2, 0) is 4.79 Å². The average molecular weight is 244 g/mol. The highest BCUT2D eigenvalue weighted by molar-refractivity contribution is 5.83. The summed E-state index contributed by atoms with van der Waals surface area (Å²) in [4.78, 5) is 24.3. The summed E-state index contributed by atoms with van der Waals surface area (Å²) >= 11 is 0. The fraction of sp³-hybridized carbons (Fsp3) is 0.818. The molecule has 98 valence electrons. The number of carbonyl (C=O) groups is 2. The molecule has 0 saturated carbocycles. The zero-order valence-corrected chi connectivity index (χ0v) is 10.4. The number of rotatable bonds is 3. The van der Waals surface area contributed by atoms with Crippen molar-refractivity contribution in [1.82, 2.24) is 10.2 Å². The van der Waals surface area contributed by atoms with Gasteiger partial charge in [0.05, 0.1) is 6.10 Å². The predicted molar refractivity (Wildman–Crippen MR) is 61.6 cm³/mol. The van der Waals surface area contributed by atoms with Crippen molar-refractivity contribution in [3.63, 3.8) is 0 Å². The van der Waals surface area contributed by atoms with E-state index in [1.807, 2.05) is 13.8 Å². The SMILES string of the molecule is CC1CC(C)N(C(=O)N[C@H](C(=O)O)[C@@H](C)O)C1. The molecule has 1 saturated heterocycles. The van der Waals surface area contributed by atoms with E-state index in [4.69, 9.17) is 5.11 Å². The van der Waals surface area contributed by atoms with Crippen molar-refractivity contribution in [2.75, 3.05) is 6.54 Å². The lowest BCUT2D eigenvalue weighted by atomic mass is 10.1. The van der Waals surface area contributed by atoms with Gasteiger partial charge in [0, 0.05) is 12.6 Å². The number of nitrogens with one attached hydrogen (secondary N) is 1. The first-order chi connectivity index (χ1) is 7.82. The van der Waals surface area contributed by atoms with Gasteiger partial charge in [-0.25, -0.2) is 9.59 Å². The van der Waals surface area contributed by atoms with Crippen LogP contribution in [0.4, 0.5) is 4.79 Å². The quantitative estimate of drug-likeness (QED) is 0.664. The Morgan fingerprint density at radius 3 is 2.35 bits per heavy atom. The predicted octanol–water partition coefficient (Wildman–Crippen LogP) is 0.260. The van der Waals surface area contributed by atoms with Gasteiger partial charge in [0.1, 0.15) is 0 Å². The molecule has 0 aromatic heterocycles. The number of aliphatic carboxylic acids is 1. The second kappa shape index (κ2) is 5.35. The molecular formula is C11H20N2O4. The summed E-state index contributed by atoms with van der Waals surface area (Å²) in [6.07, 6.45) is -0.202. The van der Waals surface area contributed by atoms with Gasteiger partial charge in [-0.15, -0.1) is 0 Å². The Bertz CT molecular complexity index is 306. The molecule has 0 aliphatic carbocycles. The first kappa shape index (κ1) is 13.8. The summed E-state index contributed by atoms with van der Waals surface area (Å²) in [5.74, 6) is -0.807. The van der Waals surface area contributed by atoms with Crippen LogP contribution in [0.2, 0.25) is 0 Å². The van der Waals surface area contributed by atoms with Crippen LogP contribution >= 0.6 is 0 Å². The maximum atomic E-state index is 11.9. The highest BCUT2D eigenvalue weighted by Crippen LogP contribution is 2.22. The molecule has 1 aliphatic heterocycles. The molecule has 0 aromatic rings. The van der Waals surface area contributed by atoms with Gasteiger partial charge in [-0.2, -0.15) is 0 Å². The van der Waals surface area contributed by atoms with E-state index < -0.39 is 24.1 Å². The number of nitrogens with zero attached hydrogens (tertiary/aromatic N) is 1. The van der Waals surface area contributed by atoms with E-state index in [9.17, 15) is 14.7 Å². The molecule has 2 unspecified atom stereocenters. The third-order valence-corrected chi connectivity index (χ3v) is 3.07. The Hall–Kier alpha value is -1.30. The van der Waals surface area contributed by atoms with Crippen LogP contribution in [0.25, 0.3) is 0 Å². The van der Waals surface area contributed by atoms with Gasteiger partial charge in [-0.3, -0.25) is 0 Å². The Kier molecular flexibility index (Phi) is 4.34. The second-order valence-electron chi connectivity index (χ2n) is 4.85. The number of hydrogen-bond acceptors (Lipinski definition) is 3. The maximum Gasteiger partial charge on any atom is 0.328 e. The van der Waals surface area contributed by atoms with E-state index >= 15 is 0 Å². The van der Waals surface area contributed by atoms with E-state index in [-0.39, 0.29) is 6.04 Å². The fourth-order valence-corrected chi connectivity index (χ4v) is 2.19. The van der Waals surface area contributed by atoms with Crippen LogP contribution in [0.1, 0.15) is 27.2 Å². The standard InChI is InChI=1S/C11H20N2O4/c1-6-4-7(2)13(5-6)11(17)12-9(8(3)14)10(15)16/h6-9,14H,4-5H2,1-3H3,(H,12,17)(H,15,16)/t6?,7?,8-,9+/m1/s1. The van der Waals surface area contributed by atoms with Gasteiger partial charge in [-0.1, -0.05) is 6.92 Å². The Balaban J connectivity index is 2.62. The molecule has 1 fully saturated rings. The molecule has 1 rings (SSSR count). The molecule has 2 amide bonds. The Morgan fingerprint density at radius 1 is 1.41 bits per heavy atom. The molecule has 0 radical (unpaired) electrons. The minimum atomic E-state index is -1.26. The molecule has 0 bridgehead atoms. The number of aliphatic hydroxyl groups is 1. The smallest absolute Gasteiger partial charge is 0.328 e. The molecule has 0 spiro atoms. The zero-order chi connectivity index (χ0) is 13.2. The van der Waals surface area contributed by atoms with Gasteiger partial charge in [0.25, 0.3) is 0 Å². The summed E-state index contributed by atoms with van der Waals surface area (Å²) in [7, 11) is 0. The number of carboxylic acids is 1. The molecule has 0 aromatic carbocycles. The first-order valence-electron chi connectivity index (χ1n) is 5.81. The summed E-state index contributed by atoms with van der Waals surface area (Å²) in [5.41, 5.74) is 0. The molecular weight excluding hydrogens is 224 g/mol. The highest BCUT2D eigenvalue weighted by atomic mass is 16.4. The summed E-state index contributed by atoms with van der Waals surface area (Å²) < 4.78 is 0. The first-order valence-corrected chi connectivity index (χ1v) is 5.81. The third-order valence-electron chi connectivity index (χ3n) is 3.07. The maximum absolute atomic E-state index is 11.9. The lowest BCUT2D eigenvalue weighted by Crippen LogP contribution is -2.53. The van der Waals surface area contributed by atoms with Gasteiger partial charge < -0.3 is 20.4 Å². The molecule has 6 nitrogen and oxygen atoms in total. The Labute approximate surface area is 101 Å². The zero-order valence-electron chi connectivity index (χ0n) is 10.4. The van der Waals surface area contributed by atoms with Crippen LogP contribution in [-0.4, -0.2) is 51.8 Å². The van der Waals surface area contributed by atoms with E-state index in [0.29, 0.717) is 12.5 Å². The van der Waals surface area contributed by atoms with E-state index in [2.05, 4.69) is 5.32 Å². The Morgan fingerprint density at radius 2 is 2.00 bits per heavy atom. The number of urea groups is 1. The highest BCUT2D eigenvalue weighted by Gasteiger charge is 2.33. The number of aliphatic hydroxyl groups excluding tert-OH is 1. The lowest BCUT2D eigenvalue weighted by molar-refractivity contribution is -0.141. The van der Waals surface area contributed by atoms with Crippen molar-refractivity contribution in [2.45, 2.75) is 45.4 Å². The van der Waals surface area contributed by atoms with Gasteiger partial charge >= 0.3 is 12.0 Å². The molecule has 3 N–H and O–H groups in total. The molecule has 1 heterocycles. The summed E-state index contributed by atoms with van der Waals surface area (Å²) in [6, 6.07) is -1.57. The van der Waals surface area contributed by atoms with Crippen LogP contribution < -0.4 is 5.32 Å². The van der Waals surface area contributed by atoms with Crippen molar-refractivity contribution >= 4 is 12.0 Å². The molecule has 6 heteroatoms. The number of likely N-dealkylation sites (tertiary alicyclic amines) is 1. The average Bonchev–Trinajstić information content (AvgIpc) is 2.53. The fourth-order valence-electron chi connectivity index (χ4n) is 2.19. The monoisotopic (exact) mass is 244 g/mol. The van der Waals surface area contributed by atoms with Crippen molar-refractivity contribution in [3.8, 4) is 0 Å². The van der Waals surface area contributed by atoms with Crippen LogP contribution in [0.3, 0.4) is 0 Å². The molecule has 1 aliphatic rings. The van der Waals surface area contributed by atoms with Gasteiger partial charge in [0.15, 0.2) is 6.04 Å². The normalized spacial score (nSPS) is 27.6. The summed E-state index contributed by atoms with van der Waals surface area (Å²) in [6.45, 7) is 5.95. The number of amides is 2. The van der Waals surface area contributed by atoms with Crippen LogP contribution in [0, 0.1) is 5.92 Å². The summed E-state index contributed by atoms with van der Waals surface area (Å²) in [5, 5.41) is 20.5. The van der Waals surface area contributed by atoms with Crippen LogP contribution in [0.15, 0.2) is 0 Å². The lowest BCUT2D eigenvalue weighted by Gasteiger charge is -2.25. The van der Waals surface area contributed by atoms with Crippen molar-refractivity contribution in [1.29, 1.82) is 0 Å². The number of carbonyl (C=O) groups excluding carboxylic acids is 1. The second-order valence-corrected chi connectivity index (χ2v) is 4.85. The van der Waals surface area contributed by atoms with Crippen molar-refractivity contribution in [3.05, 3.63) is 0 Å². The topological polar surface area (TPSA) is 89.9 Å². The molecule has 4 atom stereocenters. The minimum absolute atomic E-state index is 0.105.